The quantitative estimate of drug-likeness (QED) is 0.634. The lowest BCUT2D eigenvalue weighted by Crippen LogP contribution is -1.88. The Morgan fingerprint density at radius 3 is 1.92 bits per heavy atom. The summed E-state index contributed by atoms with van der Waals surface area (Å²) in [5.74, 6) is 0. The molecule has 0 aromatic heterocycles. The Morgan fingerprint density at radius 1 is 1.00 bits per heavy atom. The van der Waals surface area contributed by atoms with Crippen molar-refractivity contribution in [1.29, 1.82) is 0 Å². The highest BCUT2D eigenvalue weighted by Gasteiger charge is 1.94. The lowest BCUT2D eigenvalue weighted by molar-refractivity contribution is 0.892. The first-order chi connectivity index (χ1) is 5.86. The molecular weight excluding hydrogens is 144 g/mol. The minimum atomic E-state index is 1.13. The van der Waals surface area contributed by atoms with Crippen molar-refractivity contribution in [2.24, 2.45) is 0 Å². The van der Waals surface area contributed by atoms with Gasteiger partial charge in [0, 0.05) is 0 Å². The SMILES string of the molecule is CCCc1[c]c(CCC)c[c]c1. The van der Waals surface area contributed by atoms with Crippen LogP contribution in [0, 0.1) is 12.1 Å². The fourth-order valence-corrected chi connectivity index (χ4v) is 1.33. The Morgan fingerprint density at radius 2 is 1.50 bits per heavy atom. The van der Waals surface area contributed by atoms with E-state index in [2.05, 4.69) is 26.0 Å². The Bertz CT molecular complexity index is 204. The molecule has 0 bridgehead atoms. The predicted molar refractivity (Wildman–Crippen MR) is 52.1 cm³/mol. The van der Waals surface area contributed by atoms with E-state index in [1.54, 1.807) is 0 Å². The molecule has 0 heteroatoms. The lowest BCUT2D eigenvalue weighted by atomic mass is 10.0. The molecule has 1 aromatic rings. The maximum Gasteiger partial charge on any atom is -0.0114 e. The molecule has 0 heterocycles. The second kappa shape index (κ2) is 4.97. The Balaban J connectivity index is 2.67. The van der Waals surface area contributed by atoms with Gasteiger partial charge in [-0.05, 0) is 36.1 Å². The van der Waals surface area contributed by atoms with Crippen LogP contribution in [0.5, 0.6) is 0 Å². The summed E-state index contributed by atoms with van der Waals surface area (Å²) in [6.07, 6.45) is 4.65. The summed E-state index contributed by atoms with van der Waals surface area (Å²) in [4.78, 5) is 0. The first-order valence-corrected chi connectivity index (χ1v) is 4.78. The van der Waals surface area contributed by atoms with Crippen LogP contribution in [0.1, 0.15) is 37.8 Å². The van der Waals surface area contributed by atoms with Gasteiger partial charge in [-0.25, -0.2) is 0 Å². The van der Waals surface area contributed by atoms with Gasteiger partial charge in [0.2, 0.25) is 0 Å². The van der Waals surface area contributed by atoms with Gasteiger partial charge in [-0.1, -0.05) is 38.8 Å². The molecule has 0 nitrogen and oxygen atoms in total. The molecule has 64 valence electrons. The van der Waals surface area contributed by atoms with Crippen LogP contribution in [-0.2, 0) is 12.8 Å². The van der Waals surface area contributed by atoms with Crippen LogP contribution in [0.15, 0.2) is 12.1 Å². The smallest absolute Gasteiger partial charge is 0.0114 e. The summed E-state index contributed by atoms with van der Waals surface area (Å²) < 4.78 is 0. The average Bonchev–Trinajstić information content (AvgIpc) is 2.06. The van der Waals surface area contributed by atoms with E-state index in [1.807, 2.05) is 12.1 Å². The minimum Gasteiger partial charge on any atom is -0.0651 e. The molecule has 2 radical (unpaired) electrons. The summed E-state index contributed by atoms with van der Waals surface area (Å²) in [7, 11) is 0. The Labute approximate surface area is 75.6 Å². The van der Waals surface area contributed by atoms with Gasteiger partial charge < -0.3 is 0 Å². The standard InChI is InChI=1S/C12H16/c1-3-6-11-8-5-9-12(10-11)7-4-2/h8-9H,3-4,6-7H2,1-2H3. The summed E-state index contributed by atoms with van der Waals surface area (Å²) in [6, 6.07) is 10.7. The van der Waals surface area contributed by atoms with E-state index in [1.165, 1.54) is 24.0 Å². The highest BCUT2D eigenvalue weighted by atomic mass is 14.0. The zero-order chi connectivity index (χ0) is 8.81. The fourth-order valence-electron chi connectivity index (χ4n) is 1.33. The molecule has 0 spiro atoms. The van der Waals surface area contributed by atoms with Gasteiger partial charge >= 0.3 is 0 Å². The highest BCUT2D eigenvalue weighted by Crippen LogP contribution is 2.07. The van der Waals surface area contributed by atoms with Gasteiger partial charge in [0.1, 0.15) is 0 Å². The van der Waals surface area contributed by atoms with Crippen molar-refractivity contribution >= 4 is 0 Å². The van der Waals surface area contributed by atoms with Crippen molar-refractivity contribution in [3.8, 4) is 0 Å². The van der Waals surface area contributed by atoms with Gasteiger partial charge in [0.05, 0.1) is 0 Å². The molecule has 0 amide bonds. The number of benzene rings is 1. The van der Waals surface area contributed by atoms with Crippen molar-refractivity contribution in [1.82, 2.24) is 0 Å². The lowest BCUT2D eigenvalue weighted by Gasteiger charge is -2.00. The predicted octanol–water partition coefficient (Wildman–Crippen LogP) is 3.19. The molecule has 0 N–H and O–H groups in total. The summed E-state index contributed by atoms with van der Waals surface area (Å²) in [5, 5.41) is 0. The number of rotatable bonds is 4. The van der Waals surface area contributed by atoms with Crippen molar-refractivity contribution in [3.05, 3.63) is 35.4 Å². The third-order valence-electron chi connectivity index (χ3n) is 1.87. The highest BCUT2D eigenvalue weighted by molar-refractivity contribution is 5.20. The molecule has 0 unspecified atom stereocenters. The topological polar surface area (TPSA) is 0 Å². The molecule has 1 aromatic carbocycles. The van der Waals surface area contributed by atoms with Crippen LogP contribution in [0.2, 0.25) is 0 Å². The van der Waals surface area contributed by atoms with E-state index in [-0.39, 0.29) is 0 Å². The normalized spacial score (nSPS) is 10.2. The average molecular weight is 160 g/mol. The largest absolute Gasteiger partial charge is 0.0651 e. The zero-order valence-corrected chi connectivity index (χ0v) is 7.98. The molecule has 0 saturated heterocycles. The molecule has 0 fully saturated rings. The third-order valence-corrected chi connectivity index (χ3v) is 1.87. The third kappa shape index (κ3) is 2.69. The summed E-state index contributed by atoms with van der Waals surface area (Å²) >= 11 is 0. The fraction of sp³-hybridized carbons (Fsp3) is 0.500. The van der Waals surface area contributed by atoms with Crippen LogP contribution >= 0.6 is 0 Å². The van der Waals surface area contributed by atoms with Gasteiger partial charge in [0.25, 0.3) is 0 Å². The molecular formula is C12H16. The molecule has 0 atom stereocenters. The maximum atomic E-state index is 3.42. The van der Waals surface area contributed by atoms with E-state index in [0.29, 0.717) is 0 Å². The van der Waals surface area contributed by atoms with E-state index in [9.17, 15) is 0 Å². The Kier molecular flexibility index (Phi) is 3.86. The first kappa shape index (κ1) is 9.31. The van der Waals surface area contributed by atoms with Gasteiger partial charge in [-0.2, -0.15) is 0 Å². The Hall–Kier alpha value is -0.780. The van der Waals surface area contributed by atoms with Crippen molar-refractivity contribution in [2.45, 2.75) is 39.5 Å². The maximum absolute atomic E-state index is 3.42. The molecule has 0 saturated carbocycles. The van der Waals surface area contributed by atoms with Crippen LogP contribution < -0.4 is 0 Å². The number of hydrogen-bond acceptors (Lipinski definition) is 0. The van der Waals surface area contributed by atoms with Gasteiger partial charge in [-0.15, -0.1) is 0 Å². The summed E-state index contributed by atoms with van der Waals surface area (Å²) in [6.45, 7) is 4.39. The van der Waals surface area contributed by atoms with Gasteiger partial charge in [0.15, 0.2) is 0 Å². The molecule has 1 rings (SSSR count). The van der Waals surface area contributed by atoms with E-state index in [0.717, 1.165) is 12.8 Å². The van der Waals surface area contributed by atoms with Gasteiger partial charge in [-0.3, -0.25) is 0 Å². The molecule has 0 aliphatic rings. The first-order valence-electron chi connectivity index (χ1n) is 4.78. The van der Waals surface area contributed by atoms with Crippen LogP contribution in [-0.4, -0.2) is 0 Å². The van der Waals surface area contributed by atoms with Crippen LogP contribution in [0.4, 0.5) is 0 Å². The molecule has 12 heavy (non-hydrogen) atoms. The minimum absolute atomic E-state index is 1.13. The van der Waals surface area contributed by atoms with Crippen molar-refractivity contribution < 1.29 is 0 Å². The zero-order valence-electron chi connectivity index (χ0n) is 7.98. The monoisotopic (exact) mass is 160 g/mol. The van der Waals surface area contributed by atoms with Crippen LogP contribution in [0.3, 0.4) is 0 Å². The van der Waals surface area contributed by atoms with E-state index in [4.69, 9.17) is 0 Å². The van der Waals surface area contributed by atoms with E-state index < -0.39 is 0 Å². The second-order valence-corrected chi connectivity index (χ2v) is 3.13. The summed E-state index contributed by atoms with van der Waals surface area (Å²) in [5.41, 5.74) is 2.62. The number of aryl methyl sites for hydroxylation is 2. The second-order valence-electron chi connectivity index (χ2n) is 3.13. The molecule has 0 aliphatic carbocycles. The van der Waals surface area contributed by atoms with Crippen molar-refractivity contribution in [2.75, 3.05) is 0 Å². The van der Waals surface area contributed by atoms with Crippen molar-refractivity contribution in [3.63, 3.8) is 0 Å². The number of hydrogen-bond donors (Lipinski definition) is 0. The molecule has 0 aliphatic heterocycles. The van der Waals surface area contributed by atoms with Crippen LogP contribution in [0.25, 0.3) is 0 Å². The van der Waals surface area contributed by atoms with E-state index >= 15 is 0 Å².